The summed E-state index contributed by atoms with van der Waals surface area (Å²) in [5, 5.41) is 0. The molecular formula is C16H34. The van der Waals surface area contributed by atoms with E-state index in [2.05, 4.69) is 48.5 Å². The van der Waals surface area contributed by atoms with Gasteiger partial charge in [0.25, 0.3) is 0 Å². The lowest BCUT2D eigenvalue weighted by molar-refractivity contribution is 0.191. The molecule has 0 heterocycles. The van der Waals surface area contributed by atoms with Crippen LogP contribution in [0.5, 0.6) is 0 Å². The van der Waals surface area contributed by atoms with Gasteiger partial charge in [-0.1, -0.05) is 61.3 Å². The highest BCUT2D eigenvalue weighted by molar-refractivity contribution is 4.74. The van der Waals surface area contributed by atoms with Gasteiger partial charge in [-0.2, -0.15) is 0 Å². The summed E-state index contributed by atoms with van der Waals surface area (Å²) in [6.07, 6.45) is 5.61. The fourth-order valence-electron chi connectivity index (χ4n) is 2.89. The van der Waals surface area contributed by atoms with Gasteiger partial charge in [0.15, 0.2) is 0 Å². The average Bonchev–Trinajstić information content (AvgIpc) is 2.14. The maximum absolute atomic E-state index is 2.41. The molecule has 0 nitrogen and oxygen atoms in total. The molecule has 0 fully saturated rings. The van der Waals surface area contributed by atoms with Crippen LogP contribution in [0.3, 0.4) is 0 Å². The van der Waals surface area contributed by atoms with Crippen molar-refractivity contribution in [1.29, 1.82) is 0 Å². The summed E-state index contributed by atoms with van der Waals surface area (Å²) in [6, 6.07) is 0. The molecule has 0 aliphatic heterocycles. The molecule has 0 aromatic rings. The molecule has 2 atom stereocenters. The van der Waals surface area contributed by atoms with Crippen molar-refractivity contribution >= 4 is 0 Å². The third-order valence-corrected chi connectivity index (χ3v) is 3.84. The van der Waals surface area contributed by atoms with E-state index in [0.29, 0.717) is 0 Å². The average molecular weight is 226 g/mol. The molecule has 0 spiro atoms. The summed E-state index contributed by atoms with van der Waals surface area (Å²) in [5.74, 6) is 4.44. The van der Waals surface area contributed by atoms with Gasteiger partial charge in [-0.15, -0.1) is 0 Å². The minimum atomic E-state index is 0.849. The Kier molecular flexibility index (Phi) is 8.14. The molecule has 0 aromatic carbocycles. The second-order valence-electron chi connectivity index (χ2n) is 6.68. The van der Waals surface area contributed by atoms with Crippen LogP contribution < -0.4 is 0 Å². The number of hydrogen-bond donors (Lipinski definition) is 0. The number of rotatable bonds is 8. The van der Waals surface area contributed by atoms with E-state index in [1.807, 2.05) is 0 Å². The first kappa shape index (κ1) is 16.0. The van der Waals surface area contributed by atoms with Crippen LogP contribution in [0.25, 0.3) is 0 Å². The molecule has 0 saturated carbocycles. The third-order valence-electron chi connectivity index (χ3n) is 3.84. The zero-order chi connectivity index (χ0) is 12.7. The van der Waals surface area contributed by atoms with Gasteiger partial charge in [0.1, 0.15) is 0 Å². The highest BCUT2D eigenvalue weighted by Crippen LogP contribution is 2.33. The van der Waals surface area contributed by atoms with Crippen LogP contribution in [-0.2, 0) is 0 Å². The van der Waals surface area contributed by atoms with Crippen molar-refractivity contribution in [3.8, 4) is 0 Å². The third kappa shape index (κ3) is 6.55. The van der Waals surface area contributed by atoms with Crippen LogP contribution >= 0.6 is 0 Å². The summed E-state index contributed by atoms with van der Waals surface area (Å²) in [7, 11) is 0. The molecule has 0 radical (unpaired) electrons. The first-order chi connectivity index (χ1) is 7.38. The van der Waals surface area contributed by atoms with E-state index < -0.39 is 0 Å². The summed E-state index contributed by atoms with van der Waals surface area (Å²) < 4.78 is 0. The highest BCUT2D eigenvalue weighted by atomic mass is 14.3. The van der Waals surface area contributed by atoms with Crippen molar-refractivity contribution in [3.63, 3.8) is 0 Å². The van der Waals surface area contributed by atoms with Crippen LogP contribution in [0.2, 0.25) is 0 Å². The molecule has 0 rings (SSSR count). The summed E-state index contributed by atoms with van der Waals surface area (Å²) in [6.45, 7) is 16.6. The largest absolute Gasteiger partial charge is 0.0651 e. The quantitative estimate of drug-likeness (QED) is 0.493. The zero-order valence-electron chi connectivity index (χ0n) is 12.7. The molecule has 0 saturated heterocycles. The van der Waals surface area contributed by atoms with Crippen LogP contribution in [0, 0.1) is 29.6 Å². The van der Waals surface area contributed by atoms with Gasteiger partial charge < -0.3 is 0 Å². The van der Waals surface area contributed by atoms with Gasteiger partial charge >= 0.3 is 0 Å². The van der Waals surface area contributed by atoms with Crippen molar-refractivity contribution in [2.75, 3.05) is 0 Å². The first-order valence-corrected chi connectivity index (χ1v) is 7.38. The van der Waals surface area contributed by atoms with Crippen LogP contribution in [-0.4, -0.2) is 0 Å². The molecule has 2 unspecified atom stereocenters. The Hall–Kier alpha value is 0. The fraction of sp³-hybridized carbons (Fsp3) is 1.00. The summed E-state index contributed by atoms with van der Waals surface area (Å²) >= 11 is 0. The minimum Gasteiger partial charge on any atom is -0.0651 e. The van der Waals surface area contributed by atoms with Gasteiger partial charge in [-0.25, -0.2) is 0 Å². The molecule has 0 heteroatoms. The van der Waals surface area contributed by atoms with Gasteiger partial charge in [-0.05, 0) is 42.4 Å². The maximum Gasteiger partial charge on any atom is -0.0363 e. The molecule has 0 bridgehead atoms. The molecule has 16 heavy (non-hydrogen) atoms. The van der Waals surface area contributed by atoms with Gasteiger partial charge in [0.2, 0.25) is 0 Å². The lowest BCUT2D eigenvalue weighted by atomic mass is 9.74. The van der Waals surface area contributed by atoms with Crippen molar-refractivity contribution in [3.05, 3.63) is 0 Å². The van der Waals surface area contributed by atoms with E-state index in [-0.39, 0.29) is 0 Å². The Morgan fingerprint density at radius 1 is 0.750 bits per heavy atom. The van der Waals surface area contributed by atoms with Gasteiger partial charge in [-0.3, -0.25) is 0 Å². The lowest BCUT2D eigenvalue weighted by Gasteiger charge is -2.31. The molecule has 98 valence electrons. The minimum absolute atomic E-state index is 0.849. The molecule has 0 N–H and O–H groups in total. The summed E-state index contributed by atoms with van der Waals surface area (Å²) in [5.41, 5.74) is 0. The molecular weight excluding hydrogens is 192 g/mol. The lowest BCUT2D eigenvalue weighted by Crippen LogP contribution is -2.22. The molecule has 0 aromatic heterocycles. The van der Waals surface area contributed by atoms with Gasteiger partial charge in [0.05, 0.1) is 0 Å². The SMILES string of the molecule is CCC(CC(C)C)C(CCC(C)C)C(C)C. The van der Waals surface area contributed by atoms with Crippen LogP contribution in [0.4, 0.5) is 0 Å². The first-order valence-electron chi connectivity index (χ1n) is 7.38. The fourth-order valence-corrected chi connectivity index (χ4v) is 2.89. The normalized spacial score (nSPS) is 16.1. The van der Waals surface area contributed by atoms with Crippen molar-refractivity contribution < 1.29 is 0 Å². The van der Waals surface area contributed by atoms with Gasteiger partial charge in [0, 0.05) is 0 Å². The Balaban J connectivity index is 4.34. The Morgan fingerprint density at radius 2 is 1.31 bits per heavy atom. The van der Waals surface area contributed by atoms with E-state index >= 15 is 0 Å². The Labute approximate surface area is 104 Å². The van der Waals surface area contributed by atoms with Crippen molar-refractivity contribution in [2.24, 2.45) is 29.6 Å². The van der Waals surface area contributed by atoms with E-state index in [0.717, 1.165) is 29.6 Å². The summed E-state index contributed by atoms with van der Waals surface area (Å²) in [4.78, 5) is 0. The van der Waals surface area contributed by atoms with E-state index in [1.54, 1.807) is 0 Å². The predicted octanol–water partition coefficient (Wildman–Crippen LogP) is 5.77. The smallest absolute Gasteiger partial charge is 0.0363 e. The zero-order valence-corrected chi connectivity index (χ0v) is 12.7. The van der Waals surface area contributed by atoms with Crippen molar-refractivity contribution in [2.45, 2.75) is 74.1 Å². The standard InChI is InChI=1S/C16H34/c1-8-15(11-13(4)5)16(14(6)7)10-9-12(2)3/h12-16H,8-11H2,1-7H3. The Bertz CT molecular complexity index is 155. The van der Waals surface area contributed by atoms with E-state index in [1.165, 1.54) is 25.7 Å². The molecule has 0 aliphatic rings. The topological polar surface area (TPSA) is 0 Å². The monoisotopic (exact) mass is 226 g/mol. The van der Waals surface area contributed by atoms with E-state index in [4.69, 9.17) is 0 Å². The number of hydrogen-bond acceptors (Lipinski definition) is 0. The van der Waals surface area contributed by atoms with Crippen LogP contribution in [0.15, 0.2) is 0 Å². The second kappa shape index (κ2) is 8.14. The van der Waals surface area contributed by atoms with Crippen molar-refractivity contribution in [1.82, 2.24) is 0 Å². The van der Waals surface area contributed by atoms with Crippen LogP contribution in [0.1, 0.15) is 74.1 Å². The molecule has 0 aliphatic carbocycles. The highest BCUT2D eigenvalue weighted by Gasteiger charge is 2.23. The predicted molar refractivity (Wildman–Crippen MR) is 75.6 cm³/mol. The Morgan fingerprint density at radius 3 is 1.62 bits per heavy atom. The maximum atomic E-state index is 2.41. The second-order valence-corrected chi connectivity index (χ2v) is 6.68. The molecule has 0 amide bonds. The van der Waals surface area contributed by atoms with E-state index in [9.17, 15) is 0 Å².